The summed E-state index contributed by atoms with van der Waals surface area (Å²) in [6.45, 7) is 18.2. The van der Waals surface area contributed by atoms with Crippen LogP contribution in [0.5, 0.6) is 0 Å². The first-order valence-corrected chi connectivity index (χ1v) is 17.1. The van der Waals surface area contributed by atoms with Crippen molar-refractivity contribution in [2.24, 2.45) is 11.8 Å². The van der Waals surface area contributed by atoms with Gasteiger partial charge in [-0.05, 0) is 76.1 Å². The van der Waals surface area contributed by atoms with E-state index >= 15 is 0 Å². The summed E-state index contributed by atoms with van der Waals surface area (Å²) in [5.41, 5.74) is 0.678. The second-order valence-electron chi connectivity index (χ2n) is 13.4. The Morgan fingerprint density at radius 3 is 2.35 bits per heavy atom. The van der Waals surface area contributed by atoms with Crippen molar-refractivity contribution in [2.45, 2.75) is 116 Å². The van der Waals surface area contributed by atoms with Gasteiger partial charge >= 0.3 is 6.09 Å². The highest BCUT2D eigenvalue weighted by Crippen LogP contribution is 2.46. The van der Waals surface area contributed by atoms with Crippen LogP contribution in [0.3, 0.4) is 0 Å². The number of amides is 2. The van der Waals surface area contributed by atoms with Crippen molar-refractivity contribution < 1.29 is 18.8 Å². The van der Waals surface area contributed by atoms with Gasteiger partial charge in [-0.3, -0.25) is 4.79 Å². The number of nitrogens with zero attached hydrogens (tertiary/aromatic N) is 1. The quantitative estimate of drug-likeness (QED) is 0.274. The first-order chi connectivity index (χ1) is 17.2. The van der Waals surface area contributed by atoms with Gasteiger partial charge in [0, 0.05) is 25.0 Å². The molecule has 1 N–H and O–H groups in total. The van der Waals surface area contributed by atoms with Crippen molar-refractivity contribution in [3.63, 3.8) is 0 Å². The van der Waals surface area contributed by atoms with Crippen LogP contribution in [0.4, 0.5) is 4.79 Å². The molecule has 0 aromatic heterocycles. The van der Waals surface area contributed by atoms with Gasteiger partial charge in [-0.25, -0.2) is 4.79 Å². The number of carbonyl (C=O) groups excluding carboxylic acids is 2. The normalized spacial score (nSPS) is 23.5. The van der Waals surface area contributed by atoms with Crippen molar-refractivity contribution in [2.75, 3.05) is 13.1 Å². The SMILES string of the molecule is CC(C)(C)OC(=O)NCCCN1C(=O)[C@H]2CCCC[C@H]2[C@@H]1C[C@@H](O[Si](C)(C)C(C)(C)C)c1ccccc1. The van der Waals surface area contributed by atoms with E-state index in [2.05, 4.69) is 68.3 Å². The molecule has 1 heterocycles. The van der Waals surface area contributed by atoms with E-state index in [1.807, 2.05) is 26.8 Å². The van der Waals surface area contributed by atoms with Gasteiger partial charge in [0.15, 0.2) is 8.32 Å². The second kappa shape index (κ2) is 11.9. The van der Waals surface area contributed by atoms with Crippen molar-refractivity contribution in [3.8, 4) is 0 Å². The standard InChI is InChI=1S/C30H50N2O4Si/c1-29(2,3)35-28(34)31-19-14-20-32-25(23-17-12-13-18-24(23)27(32)33)21-26(22-15-10-9-11-16-22)36-37(7,8)30(4,5)6/h9-11,15-16,23-26H,12-14,17-21H2,1-8H3,(H,31,34)/t23-,24+,25+,26-/m1/s1. The zero-order valence-electron chi connectivity index (χ0n) is 24.4. The predicted octanol–water partition coefficient (Wildman–Crippen LogP) is 7.07. The molecule has 0 radical (unpaired) electrons. The molecule has 2 fully saturated rings. The molecule has 6 nitrogen and oxygen atoms in total. The van der Waals surface area contributed by atoms with Gasteiger partial charge in [0.2, 0.25) is 5.91 Å². The Bertz CT molecular complexity index is 906. The Morgan fingerprint density at radius 2 is 1.73 bits per heavy atom. The summed E-state index contributed by atoms with van der Waals surface area (Å²) in [7, 11) is -2.03. The molecule has 0 spiro atoms. The van der Waals surface area contributed by atoms with Gasteiger partial charge in [0.25, 0.3) is 0 Å². The van der Waals surface area contributed by atoms with E-state index in [4.69, 9.17) is 9.16 Å². The van der Waals surface area contributed by atoms with E-state index < -0.39 is 20.0 Å². The van der Waals surface area contributed by atoms with Crippen LogP contribution < -0.4 is 5.32 Å². The number of ether oxygens (including phenoxy) is 1. The van der Waals surface area contributed by atoms with E-state index in [1.165, 1.54) is 12.0 Å². The highest BCUT2D eigenvalue weighted by molar-refractivity contribution is 6.74. The van der Waals surface area contributed by atoms with Gasteiger partial charge < -0.3 is 19.4 Å². The van der Waals surface area contributed by atoms with Gasteiger partial charge in [-0.2, -0.15) is 0 Å². The fourth-order valence-electron chi connectivity index (χ4n) is 5.54. The molecule has 1 aliphatic heterocycles. The van der Waals surface area contributed by atoms with Crippen LogP contribution in [-0.4, -0.2) is 50.0 Å². The topological polar surface area (TPSA) is 67.9 Å². The molecule has 1 aliphatic carbocycles. The third-order valence-electron chi connectivity index (χ3n) is 8.43. The van der Waals surface area contributed by atoms with Gasteiger partial charge in [0.05, 0.1) is 6.10 Å². The lowest BCUT2D eigenvalue weighted by Gasteiger charge is -2.41. The number of fused-ring (bicyclic) bond motifs is 1. The minimum Gasteiger partial charge on any atom is -0.444 e. The molecule has 37 heavy (non-hydrogen) atoms. The molecule has 1 aromatic rings. The zero-order chi connectivity index (χ0) is 27.4. The van der Waals surface area contributed by atoms with E-state index in [1.54, 1.807) is 0 Å². The number of alkyl carbamates (subject to hydrolysis) is 1. The molecular formula is C30H50N2O4Si. The Labute approximate surface area is 226 Å². The minimum absolute atomic E-state index is 0.0389. The number of hydrogen-bond donors (Lipinski definition) is 1. The number of hydrogen-bond acceptors (Lipinski definition) is 4. The lowest BCUT2D eigenvalue weighted by molar-refractivity contribution is -0.132. The highest BCUT2D eigenvalue weighted by atomic mass is 28.4. The van der Waals surface area contributed by atoms with Crippen LogP contribution in [-0.2, 0) is 14.0 Å². The number of likely N-dealkylation sites (tertiary alicyclic amines) is 1. The van der Waals surface area contributed by atoms with E-state index in [-0.39, 0.29) is 23.1 Å². The maximum absolute atomic E-state index is 13.6. The zero-order valence-corrected chi connectivity index (χ0v) is 25.4. The third-order valence-corrected chi connectivity index (χ3v) is 12.9. The summed E-state index contributed by atoms with van der Waals surface area (Å²) in [6, 6.07) is 10.7. The van der Waals surface area contributed by atoms with Crippen LogP contribution in [0.15, 0.2) is 30.3 Å². The number of benzene rings is 1. The van der Waals surface area contributed by atoms with Crippen LogP contribution >= 0.6 is 0 Å². The summed E-state index contributed by atoms with van der Waals surface area (Å²) in [6.07, 6.45) is 5.51. The first kappa shape index (κ1) is 29.7. The van der Waals surface area contributed by atoms with Gasteiger partial charge in [0.1, 0.15) is 5.60 Å². The molecule has 1 aromatic carbocycles. The summed E-state index contributed by atoms with van der Waals surface area (Å²) < 4.78 is 12.4. The first-order valence-electron chi connectivity index (χ1n) is 14.2. The van der Waals surface area contributed by atoms with Crippen molar-refractivity contribution in [3.05, 3.63) is 35.9 Å². The van der Waals surface area contributed by atoms with Gasteiger partial charge in [-0.1, -0.05) is 63.9 Å². The maximum Gasteiger partial charge on any atom is 0.407 e. The molecule has 208 valence electrons. The molecule has 1 saturated carbocycles. The largest absolute Gasteiger partial charge is 0.444 e. The Hall–Kier alpha value is -1.86. The third kappa shape index (κ3) is 7.82. The van der Waals surface area contributed by atoms with E-state index in [0.29, 0.717) is 31.3 Å². The van der Waals surface area contributed by atoms with Crippen molar-refractivity contribution in [1.82, 2.24) is 10.2 Å². The lowest BCUT2D eigenvalue weighted by Crippen LogP contribution is -2.44. The maximum atomic E-state index is 13.6. The van der Waals surface area contributed by atoms with E-state index in [0.717, 1.165) is 25.7 Å². The molecule has 0 unspecified atom stereocenters. The number of nitrogens with one attached hydrogen (secondary N) is 1. The Morgan fingerprint density at radius 1 is 1.08 bits per heavy atom. The highest BCUT2D eigenvalue weighted by Gasteiger charge is 2.49. The smallest absolute Gasteiger partial charge is 0.407 e. The molecule has 1 saturated heterocycles. The van der Waals surface area contributed by atoms with Crippen molar-refractivity contribution >= 4 is 20.3 Å². The summed E-state index contributed by atoms with van der Waals surface area (Å²) >= 11 is 0. The fourth-order valence-corrected chi connectivity index (χ4v) is 6.84. The summed E-state index contributed by atoms with van der Waals surface area (Å²) in [4.78, 5) is 27.8. The molecule has 4 atom stereocenters. The number of carbonyl (C=O) groups is 2. The monoisotopic (exact) mass is 530 g/mol. The second-order valence-corrected chi connectivity index (χ2v) is 18.2. The molecular weight excluding hydrogens is 480 g/mol. The van der Waals surface area contributed by atoms with Crippen LogP contribution in [0, 0.1) is 11.8 Å². The Kier molecular flexibility index (Phi) is 9.54. The fraction of sp³-hybridized carbons (Fsp3) is 0.733. The van der Waals surface area contributed by atoms with Crippen LogP contribution in [0.2, 0.25) is 18.1 Å². The number of rotatable bonds is 9. The summed E-state index contributed by atoms with van der Waals surface area (Å²) in [5.74, 6) is 0.808. The molecule has 0 bridgehead atoms. The lowest BCUT2D eigenvalue weighted by atomic mass is 9.77. The van der Waals surface area contributed by atoms with Gasteiger partial charge in [-0.15, -0.1) is 0 Å². The van der Waals surface area contributed by atoms with E-state index in [9.17, 15) is 9.59 Å². The molecule has 7 heteroatoms. The Balaban J connectivity index is 1.77. The molecule has 3 rings (SSSR count). The molecule has 2 amide bonds. The van der Waals surface area contributed by atoms with Crippen LogP contribution in [0.25, 0.3) is 0 Å². The average Bonchev–Trinajstić information content (AvgIpc) is 3.06. The summed E-state index contributed by atoms with van der Waals surface area (Å²) in [5, 5.41) is 2.95. The minimum atomic E-state index is -2.03. The van der Waals surface area contributed by atoms with Crippen LogP contribution in [0.1, 0.15) is 91.7 Å². The predicted molar refractivity (Wildman–Crippen MR) is 152 cm³/mol. The average molecular weight is 531 g/mol. The molecule has 2 aliphatic rings. The van der Waals surface area contributed by atoms with Crippen molar-refractivity contribution in [1.29, 1.82) is 0 Å².